The van der Waals surface area contributed by atoms with Crippen molar-refractivity contribution in [2.24, 2.45) is 0 Å². The fraction of sp³-hybridized carbons (Fsp3) is 0.750. The van der Waals surface area contributed by atoms with E-state index in [2.05, 4.69) is 23.2 Å². The molecule has 0 aliphatic heterocycles. The maximum Gasteiger partial charge on any atom is 0.122 e. The predicted molar refractivity (Wildman–Crippen MR) is 82.2 cm³/mol. The van der Waals surface area contributed by atoms with Crippen molar-refractivity contribution in [2.75, 3.05) is 34.0 Å². The molecule has 1 unspecified atom stereocenters. The average Bonchev–Trinajstić information content (AvgIpc) is 3.20. The number of hydrogen-bond donors (Lipinski definition) is 1. The molecular formula is C16H28N2O3. The Morgan fingerprint density at radius 2 is 2.19 bits per heavy atom. The van der Waals surface area contributed by atoms with Gasteiger partial charge >= 0.3 is 0 Å². The number of ether oxygens (including phenoxy) is 2. The van der Waals surface area contributed by atoms with Crippen LogP contribution in [-0.2, 0) is 22.6 Å². The highest BCUT2D eigenvalue weighted by Crippen LogP contribution is 2.21. The van der Waals surface area contributed by atoms with Crippen molar-refractivity contribution in [3.05, 3.63) is 23.7 Å². The van der Waals surface area contributed by atoms with Crippen LogP contribution in [0.15, 0.2) is 16.7 Å². The van der Waals surface area contributed by atoms with Gasteiger partial charge in [-0.1, -0.05) is 0 Å². The Hall–Kier alpha value is -0.880. The van der Waals surface area contributed by atoms with Crippen molar-refractivity contribution in [2.45, 2.75) is 44.9 Å². The fourth-order valence-corrected chi connectivity index (χ4v) is 2.40. The van der Waals surface area contributed by atoms with Crippen LogP contribution in [0, 0.1) is 0 Å². The molecule has 1 atom stereocenters. The lowest BCUT2D eigenvalue weighted by Crippen LogP contribution is -2.38. The van der Waals surface area contributed by atoms with Crippen LogP contribution in [0.2, 0.25) is 0 Å². The molecule has 0 radical (unpaired) electrons. The third-order valence-electron chi connectivity index (χ3n) is 3.96. The monoisotopic (exact) mass is 296 g/mol. The summed E-state index contributed by atoms with van der Waals surface area (Å²) in [5.74, 6) is 1.04. The van der Waals surface area contributed by atoms with Crippen molar-refractivity contribution in [3.63, 3.8) is 0 Å². The molecule has 0 aromatic carbocycles. The molecule has 1 aromatic heterocycles. The summed E-state index contributed by atoms with van der Waals surface area (Å²) in [5, 5.41) is 3.54. The standard InChI is InChI=1S/C16H28N2O3/c1-13(12-20-3)18(7-9-19-2)11-16-14(6-8-21-16)10-17-15-4-5-15/h6,8,13,15,17H,4-5,7,9-12H2,1-3H3. The van der Waals surface area contributed by atoms with E-state index in [9.17, 15) is 0 Å². The average molecular weight is 296 g/mol. The highest BCUT2D eigenvalue weighted by Gasteiger charge is 2.22. The number of hydrogen-bond acceptors (Lipinski definition) is 5. The van der Waals surface area contributed by atoms with Gasteiger partial charge in [0.25, 0.3) is 0 Å². The van der Waals surface area contributed by atoms with Gasteiger partial charge in [0.05, 0.1) is 26.0 Å². The molecule has 1 aliphatic rings. The zero-order valence-corrected chi connectivity index (χ0v) is 13.4. The quantitative estimate of drug-likeness (QED) is 0.677. The van der Waals surface area contributed by atoms with Gasteiger partial charge in [-0.25, -0.2) is 0 Å². The molecule has 1 saturated carbocycles. The molecule has 0 bridgehead atoms. The number of furan rings is 1. The molecule has 1 heterocycles. The van der Waals surface area contributed by atoms with Gasteiger partial charge in [0, 0.05) is 45.0 Å². The van der Waals surface area contributed by atoms with Crippen LogP contribution in [0.3, 0.4) is 0 Å². The summed E-state index contributed by atoms with van der Waals surface area (Å²) in [4.78, 5) is 2.34. The normalized spacial score (nSPS) is 16.6. The minimum Gasteiger partial charge on any atom is -0.468 e. The predicted octanol–water partition coefficient (Wildman–Crippen LogP) is 2.01. The SMILES string of the molecule is COCCN(Cc1occc1CNC1CC1)C(C)COC. The van der Waals surface area contributed by atoms with Gasteiger partial charge in [0.2, 0.25) is 0 Å². The Morgan fingerprint density at radius 3 is 2.86 bits per heavy atom. The van der Waals surface area contributed by atoms with Crippen LogP contribution in [0.5, 0.6) is 0 Å². The summed E-state index contributed by atoms with van der Waals surface area (Å²) in [5.41, 5.74) is 1.26. The van der Waals surface area contributed by atoms with Crippen LogP contribution >= 0.6 is 0 Å². The molecule has 120 valence electrons. The van der Waals surface area contributed by atoms with Crippen LogP contribution in [-0.4, -0.2) is 51.0 Å². The van der Waals surface area contributed by atoms with Crippen LogP contribution in [0.1, 0.15) is 31.1 Å². The molecule has 1 aromatic rings. The lowest BCUT2D eigenvalue weighted by molar-refractivity contribution is 0.0661. The summed E-state index contributed by atoms with van der Waals surface area (Å²) in [7, 11) is 3.47. The second-order valence-electron chi connectivity index (χ2n) is 5.79. The third kappa shape index (κ3) is 5.43. The van der Waals surface area contributed by atoms with Crippen molar-refractivity contribution >= 4 is 0 Å². The van der Waals surface area contributed by atoms with E-state index in [-0.39, 0.29) is 0 Å². The van der Waals surface area contributed by atoms with E-state index >= 15 is 0 Å². The number of nitrogens with zero attached hydrogens (tertiary/aromatic N) is 1. The minimum absolute atomic E-state index is 0.333. The highest BCUT2D eigenvalue weighted by molar-refractivity contribution is 5.17. The molecular weight excluding hydrogens is 268 g/mol. The first kappa shape index (κ1) is 16.5. The molecule has 2 rings (SSSR count). The molecule has 0 amide bonds. The molecule has 1 N–H and O–H groups in total. The van der Waals surface area contributed by atoms with E-state index in [4.69, 9.17) is 13.9 Å². The number of methoxy groups -OCH3 is 2. The summed E-state index contributed by atoms with van der Waals surface area (Å²) in [6, 6.07) is 3.12. The Bertz CT molecular complexity index is 404. The topological polar surface area (TPSA) is 46.9 Å². The number of rotatable bonds is 11. The summed E-state index contributed by atoms with van der Waals surface area (Å²) >= 11 is 0. The fourth-order valence-electron chi connectivity index (χ4n) is 2.40. The van der Waals surface area contributed by atoms with Crippen molar-refractivity contribution in [1.82, 2.24) is 10.2 Å². The van der Waals surface area contributed by atoms with Crippen LogP contribution in [0.25, 0.3) is 0 Å². The van der Waals surface area contributed by atoms with Gasteiger partial charge in [-0.2, -0.15) is 0 Å². The Kier molecular flexibility index (Phi) is 6.70. The van der Waals surface area contributed by atoms with Gasteiger partial charge in [0.15, 0.2) is 0 Å². The Balaban J connectivity index is 1.92. The first-order chi connectivity index (χ1) is 10.2. The van der Waals surface area contributed by atoms with E-state index < -0.39 is 0 Å². The van der Waals surface area contributed by atoms with Gasteiger partial charge in [-0.3, -0.25) is 4.90 Å². The summed E-state index contributed by atoms with van der Waals surface area (Å²) < 4.78 is 16.2. The second-order valence-corrected chi connectivity index (χ2v) is 5.79. The van der Waals surface area contributed by atoms with E-state index in [1.165, 1.54) is 18.4 Å². The van der Waals surface area contributed by atoms with Crippen LogP contribution in [0.4, 0.5) is 0 Å². The van der Waals surface area contributed by atoms with E-state index in [1.54, 1.807) is 20.5 Å². The molecule has 1 fully saturated rings. The Labute approximate surface area is 127 Å². The molecule has 1 aliphatic carbocycles. The molecule has 5 nitrogen and oxygen atoms in total. The van der Waals surface area contributed by atoms with E-state index in [0.717, 1.165) is 25.4 Å². The van der Waals surface area contributed by atoms with Gasteiger partial charge in [0.1, 0.15) is 5.76 Å². The third-order valence-corrected chi connectivity index (χ3v) is 3.96. The van der Waals surface area contributed by atoms with Gasteiger partial charge in [-0.15, -0.1) is 0 Å². The first-order valence-corrected chi connectivity index (χ1v) is 7.75. The van der Waals surface area contributed by atoms with E-state index in [1.807, 2.05) is 0 Å². The molecule has 5 heteroatoms. The van der Waals surface area contributed by atoms with Gasteiger partial charge < -0.3 is 19.2 Å². The minimum atomic E-state index is 0.333. The zero-order chi connectivity index (χ0) is 15.1. The summed E-state index contributed by atoms with van der Waals surface area (Å²) in [6.07, 6.45) is 4.39. The van der Waals surface area contributed by atoms with Crippen molar-refractivity contribution < 1.29 is 13.9 Å². The van der Waals surface area contributed by atoms with Gasteiger partial charge in [-0.05, 0) is 25.8 Å². The maximum atomic E-state index is 5.69. The van der Waals surface area contributed by atoms with Crippen LogP contribution < -0.4 is 5.32 Å². The first-order valence-electron chi connectivity index (χ1n) is 7.75. The number of nitrogens with one attached hydrogen (secondary N) is 1. The highest BCUT2D eigenvalue weighted by atomic mass is 16.5. The summed E-state index contributed by atoms with van der Waals surface area (Å²) in [6.45, 7) is 6.15. The molecule has 0 spiro atoms. The zero-order valence-electron chi connectivity index (χ0n) is 13.4. The van der Waals surface area contributed by atoms with Crippen molar-refractivity contribution in [3.8, 4) is 0 Å². The van der Waals surface area contributed by atoms with Crippen molar-refractivity contribution in [1.29, 1.82) is 0 Å². The lowest BCUT2D eigenvalue weighted by Gasteiger charge is -2.27. The molecule has 0 saturated heterocycles. The molecule has 21 heavy (non-hydrogen) atoms. The van der Waals surface area contributed by atoms with E-state index in [0.29, 0.717) is 25.3 Å². The Morgan fingerprint density at radius 1 is 1.38 bits per heavy atom. The smallest absolute Gasteiger partial charge is 0.122 e. The lowest BCUT2D eigenvalue weighted by atomic mass is 10.2. The second kappa shape index (κ2) is 8.54. The maximum absolute atomic E-state index is 5.69. The largest absolute Gasteiger partial charge is 0.468 e.